The first kappa shape index (κ1) is 32.5. The maximum absolute atomic E-state index is 14.3. The fourth-order valence-electron chi connectivity index (χ4n) is 4.81. The van der Waals surface area contributed by atoms with E-state index < -0.39 is 35.6 Å². The highest BCUT2D eigenvalue weighted by atomic mass is 35.5. The van der Waals surface area contributed by atoms with Crippen molar-refractivity contribution in [3.63, 3.8) is 0 Å². The Bertz CT molecular complexity index is 1390. The van der Waals surface area contributed by atoms with Crippen molar-refractivity contribution in [2.24, 2.45) is 0 Å². The van der Waals surface area contributed by atoms with Gasteiger partial charge in [-0.2, -0.15) is 0 Å². The van der Waals surface area contributed by atoms with E-state index in [4.69, 9.17) is 16.3 Å². The molecule has 0 aliphatic heterocycles. The third-order valence-corrected chi connectivity index (χ3v) is 6.89. The average Bonchev–Trinajstić information content (AvgIpc) is 2.88. The molecule has 3 amide bonds. The lowest BCUT2D eigenvalue weighted by atomic mass is 9.97. The summed E-state index contributed by atoms with van der Waals surface area (Å²) in [6.07, 6.45) is -0.644. The summed E-state index contributed by atoms with van der Waals surface area (Å²) >= 11 is 6.44. The summed E-state index contributed by atoms with van der Waals surface area (Å²) in [6.45, 7) is 12.9. The Morgan fingerprint density at radius 3 is 2.14 bits per heavy atom. The fourth-order valence-corrected chi connectivity index (χ4v) is 5.07. The molecule has 2 unspecified atom stereocenters. The van der Waals surface area contributed by atoms with Crippen LogP contribution in [0.1, 0.15) is 61.6 Å². The maximum atomic E-state index is 14.3. The van der Waals surface area contributed by atoms with Crippen LogP contribution in [0.5, 0.6) is 5.75 Å². The molecular weight excluding hydrogens is 554 g/mol. The molecule has 0 aliphatic rings. The Balaban J connectivity index is 2.07. The van der Waals surface area contributed by atoms with E-state index in [2.05, 4.69) is 10.6 Å². The second-order valence-electron chi connectivity index (χ2n) is 11.4. The van der Waals surface area contributed by atoms with Crippen molar-refractivity contribution in [3.05, 3.63) is 93.5 Å². The van der Waals surface area contributed by atoms with Gasteiger partial charge in [-0.25, -0.2) is 4.79 Å². The number of aryl methyl sites for hydroxylation is 3. The van der Waals surface area contributed by atoms with Crippen LogP contribution in [0.4, 0.5) is 10.5 Å². The summed E-state index contributed by atoms with van der Waals surface area (Å²) in [5.74, 6) is -0.822. The number of phenols is 1. The number of carbonyl (C=O) groups is 3. The minimum Gasteiger partial charge on any atom is -0.508 e. The van der Waals surface area contributed by atoms with Crippen molar-refractivity contribution in [2.45, 2.75) is 72.6 Å². The molecule has 0 aromatic heterocycles. The molecule has 0 saturated carbocycles. The standard InChI is InChI=1S/C33H40ClN3O5/c1-8-37(31(40)27(35-32(41)42-33(5,6)7)19-23-12-14-25(38)15-13-23)29(24-17-20(2)16-21(3)18-24)30(39)36-28-22(4)10-9-11-26(28)34/h9-18,27,29,38H,8,19H2,1-7H3,(H,35,41)(H,36,39). The van der Waals surface area contributed by atoms with Crippen LogP contribution in [0.2, 0.25) is 5.02 Å². The van der Waals surface area contributed by atoms with E-state index in [0.29, 0.717) is 21.8 Å². The zero-order chi connectivity index (χ0) is 31.2. The number of anilines is 1. The Morgan fingerprint density at radius 2 is 1.60 bits per heavy atom. The predicted molar refractivity (Wildman–Crippen MR) is 166 cm³/mol. The number of para-hydroxylation sites is 1. The van der Waals surface area contributed by atoms with Crippen LogP contribution in [-0.2, 0) is 20.7 Å². The lowest BCUT2D eigenvalue weighted by Gasteiger charge is -2.34. The summed E-state index contributed by atoms with van der Waals surface area (Å²) in [5.41, 5.74) is 3.67. The van der Waals surface area contributed by atoms with Crippen molar-refractivity contribution >= 4 is 35.2 Å². The Kier molecular flexibility index (Phi) is 10.6. The molecule has 2 atom stereocenters. The monoisotopic (exact) mass is 593 g/mol. The van der Waals surface area contributed by atoms with Gasteiger partial charge in [0.25, 0.3) is 5.91 Å². The van der Waals surface area contributed by atoms with Crippen LogP contribution in [0.15, 0.2) is 60.7 Å². The molecule has 0 spiro atoms. The molecule has 8 nitrogen and oxygen atoms in total. The van der Waals surface area contributed by atoms with Crippen LogP contribution in [0, 0.1) is 20.8 Å². The Morgan fingerprint density at radius 1 is 0.976 bits per heavy atom. The number of rotatable bonds is 9. The van der Waals surface area contributed by atoms with E-state index in [1.807, 2.05) is 45.0 Å². The highest BCUT2D eigenvalue weighted by Gasteiger charge is 2.36. The number of ether oxygens (including phenoxy) is 1. The van der Waals surface area contributed by atoms with E-state index in [1.165, 1.54) is 17.0 Å². The first-order valence-electron chi connectivity index (χ1n) is 13.9. The van der Waals surface area contributed by atoms with E-state index in [9.17, 15) is 19.5 Å². The highest BCUT2D eigenvalue weighted by molar-refractivity contribution is 6.34. The summed E-state index contributed by atoms with van der Waals surface area (Å²) in [6, 6.07) is 15.4. The minimum atomic E-state index is -1.06. The Labute approximate surface area is 253 Å². The number of nitrogens with zero attached hydrogens (tertiary/aromatic N) is 1. The molecule has 224 valence electrons. The van der Waals surface area contributed by atoms with Crippen LogP contribution >= 0.6 is 11.6 Å². The van der Waals surface area contributed by atoms with Gasteiger partial charge >= 0.3 is 6.09 Å². The number of likely N-dealkylation sites (N-methyl/N-ethyl adjacent to an activating group) is 1. The summed E-state index contributed by atoms with van der Waals surface area (Å²) in [4.78, 5) is 42.7. The molecule has 0 aliphatic carbocycles. The zero-order valence-corrected chi connectivity index (χ0v) is 26.0. The third-order valence-electron chi connectivity index (χ3n) is 6.58. The van der Waals surface area contributed by atoms with Crippen LogP contribution in [0.3, 0.4) is 0 Å². The van der Waals surface area contributed by atoms with Crippen molar-refractivity contribution in [1.82, 2.24) is 10.2 Å². The topological polar surface area (TPSA) is 108 Å². The summed E-state index contributed by atoms with van der Waals surface area (Å²) in [5, 5.41) is 15.8. The van der Waals surface area contributed by atoms with Gasteiger partial charge in [-0.05, 0) is 83.4 Å². The molecular formula is C33H40ClN3O5. The van der Waals surface area contributed by atoms with E-state index in [1.54, 1.807) is 52.0 Å². The van der Waals surface area contributed by atoms with Crippen molar-refractivity contribution in [1.29, 1.82) is 0 Å². The number of aromatic hydroxyl groups is 1. The molecule has 0 heterocycles. The van der Waals surface area contributed by atoms with Gasteiger partial charge in [-0.15, -0.1) is 0 Å². The number of hydrogen-bond acceptors (Lipinski definition) is 5. The lowest BCUT2D eigenvalue weighted by molar-refractivity contribution is -0.140. The number of halogens is 1. The molecule has 0 saturated heterocycles. The minimum absolute atomic E-state index is 0.0818. The first-order valence-corrected chi connectivity index (χ1v) is 14.3. The number of benzene rings is 3. The van der Waals surface area contributed by atoms with E-state index in [-0.39, 0.29) is 18.7 Å². The molecule has 3 N–H and O–H groups in total. The zero-order valence-electron chi connectivity index (χ0n) is 25.2. The van der Waals surface area contributed by atoms with Crippen LogP contribution in [-0.4, -0.2) is 46.1 Å². The van der Waals surface area contributed by atoms with Gasteiger partial charge in [0, 0.05) is 13.0 Å². The molecule has 42 heavy (non-hydrogen) atoms. The number of carbonyl (C=O) groups excluding carboxylic acids is 3. The van der Waals surface area contributed by atoms with Gasteiger partial charge in [-0.1, -0.05) is 65.2 Å². The highest BCUT2D eigenvalue weighted by Crippen LogP contribution is 2.30. The van der Waals surface area contributed by atoms with Crippen molar-refractivity contribution in [3.8, 4) is 5.75 Å². The molecule has 0 fully saturated rings. The second-order valence-corrected chi connectivity index (χ2v) is 11.8. The molecule has 9 heteroatoms. The predicted octanol–water partition coefficient (Wildman–Crippen LogP) is 6.64. The fraction of sp³-hybridized carbons (Fsp3) is 0.364. The lowest BCUT2D eigenvalue weighted by Crippen LogP contribution is -2.53. The number of alkyl carbamates (subject to hydrolysis) is 1. The summed E-state index contributed by atoms with van der Waals surface area (Å²) in [7, 11) is 0. The Hall–Kier alpha value is -4.04. The molecule has 3 aromatic rings. The van der Waals surface area contributed by atoms with Crippen molar-refractivity contribution < 1.29 is 24.2 Å². The van der Waals surface area contributed by atoms with E-state index >= 15 is 0 Å². The maximum Gasteiger partial charge on any atom is 0.408 e. The van der Waals surface area contributed by atoms with Gasteiger partial charge in [0.15, 0.2) is 0 Å². The van der Waals surface area contributed by atoms with Crippen LogP contribution in [0.25, 0.3) is 0 Å². The smallest absolute Gasteiger partial charge is 0.408 e. The first-order chi connectivity index (χ1) is 19.7. The number of nitrogens with one attached hydrogen (secondary N) is 2. The van der Waals surface area contributed by atoms with Crippen LogP contribution < -0.4 is 10.6 Å². The van der Waals surface area contributed by atoms with Crippen molar-refractivity contribution in [2.75, 3.05) is 11.9 Å². The SMILES string of the molecule is CCN(C(=O)C(Cc1ccc(O)cc1)NC(=O)OC(C)(C)C)C(C(=O)Nc1c(C)cccc1Cl)c1cc(C)cc(C)c1. The number of hydrogen-bond donors (Lipinski definition) is 3. The number of amides is 3. The van der Waals surface area contributed by atoms with Gasteiger partial charge in [-0.3, -0.25) is 9.59 Å². The number of phenolic OH excluding ortho intramolecular Hbond substituents is 1. The van der Waals surface area contributed by atoms with Gasteiger partial charge < -0.3 is 25.4 Å². The second kappa shape index (κ2) is 13.7. The largest absolute Gasteiger partial charge is 0.508 e. The van der Waals surface area contributed by atoms with E-state index in [0.717, 1.165) is 16.7 Å². The quantitative estimate of drug-likeness (QED) is 0.258. The third kappa shape index (κ3) is 8.73. The van der Waals surface area contributed by atoms with Gasteiger partial charge in [0.05, 0.1) is 10.7 Å². The summed E-state index contributed by atoms with van der Waals surface area (Å²) < 4.78 is 5.46. The molecule has 0 radical (unpaired) electrons. The van der Waals surface area contributed by atoms with Gasteiger partial charge in [0.1, 0.15) is 23.4 Å². The van der Waals surface area contributed by atoms with Gasteiger partial charge in [0.2, 0.25) is 5.91 Å². The molecule has 3 rings (SSSR count). The molecule has 0 bridgehead atoms. The normalized spacial score (nSPS) is 12.7. The average molecular weight is 594 g/mol. The molecule has 3 aromatic carbocycles.